The number of sulfone groups is 3. The van der Waals surface area contributed by atoms with Crippen molar-refractivity contribution in [2.75, 3.05) is 18.8 Å². The van der Waals surface area contributed by atoms with Crippen LogP contribution < -0.4 is 0 Å². The second kappa shape index (κ2) is 8.18. The lowest BCUT2D eigenvalue weighted by Crippen LogP contribution is -2.67. The van der Waals surface area contributed by atoms with Crippen LogP contribution in [0.15, 0.2) is 0 Å². The molecule has 0 saturated heterocycles. The van der Waals surface area contributed by atoms with Gasteiger partial charge in [-0.1, -0.05) is 64.6 Å². The van der Waals surface area contributed by atoms with Crippen molar-refractivity contribution in [1.82, 2.24) is 0 Å². The van der Waals surface area contributed by atoms with Crippen molar-refractivity contribution in [3.63, 3.8) is 0 Å². The van der Waals surface area contributed by atoms with Crippen molar-refractivity contribution in [1.29, 1.82) is 0 Å². The Bertz CT molecular complexity index is 642. The van der Waals surface area contributed by atoms with Gasteiger partial charge in [0, 0.05) is 18.8 Å². The van der Waals surface area contributed by atoms with Crippen molar-refractivity contribution in [2.24, 2.45) is 0 Å². The van der Waals surface area contributed by atoms with E-state index in [1.54, 1.807) is 13.1 Å². The van der Waals surface area contributed by atoms with Crippen LogP contribution in [0.25, 0.3) is 0 Å². The Balaban J connectivity index is 5.84. The fraction of sp³-hybridized carbons (Fsp3) is 1.00. The summed E-state index contributed by atoms with van der Waals surface area (Å²) in [7, 11) is -16.3. The highest BCUT2D eigenvalue weighted by Gasteiger charge is 2.68. The number of rotatable bonds is 11. The Kier molecular flexibility index (Phi) is 8.20. The first kappa shape index (κ1) is 24.1. The maximum atomic E-state index is 12.4. The third-order valence-corrected chi connectivity index (χ3v) is 24.4. The van der Waals surface area contributed by atoms with Gasteiger partial charge in [-0.3, -0.25) is 0 Å². The minimum Gasteiger partial charge on any atom is -0.227 e. The molecular weight excluding hydrogens is 388 g/mol. The van der Waals surface area contributed by atoms with E-state index in [0.717, 1.165) is 50.9 Å². The molecule has 0 aromatic carbocycles. The summed E-state index contributed by atoms with van der Waals surface area (Å²) in [5, 5.41) is 0. The molecule has 0 spiro atoms. The Hall–Kier alpha value is 0.0669. The first-order chi connectivity index (χ1) is 10.6. The van der Waals surface area contributed by atoms with Gasteiger partial charge in [0.25, 0.3) is 3.03 Å². The molecule has 0 aliphatic rings. The zero-order valence-corrected chi connectivity index (χ0v) is 19.1. The van der Waals surface area contributed by atoms with E-state index in [9.17, 15) is 25.3 Å². The summed E-state index contributed by atoms with van der Waals surface area (Å²) in [5.41, 5.74) is 0. The molecule has 0 atom stereocenters. The highest BCUT2D eigenvalue weighted by molar-refractivity contribution is 8.28. The van der Waals surface area contributed by atoms with E-state index >= 15 is 0 Å². The van der Waals surface area contributed by atoms with E-state index in [1.807, 2.05) is 0 Å². The van der Waals surface area contributed by atoms with Crippen LogP contribution in [0.5, 0.6) is 0 Å². The second-order valence-electron chi connectivity index (χ2n) is 7.27. The van der Waals surface area contributed by atoms with Crippen molar-refractivity contribution >= 4 is 37.6 Å². The molecule has 6 nitrogen and oxygen atoms in total. The Labute approximate surface area is 149 Å². The van der Waals surface area contributed by atoms with Crippen molar-refractivity contribution < 1.29 is 25.3 Å². The Morgan fingerprint density at radius 3 is 1.33 bits per heavy atom. The van der Waals surface area contributed by atoms with Crippen LogP contribution in [-0.4, -0.2) is 55.1 Å². The minimum atomic E-state index is -4.37. The van der Waals surface area contributed by atoms with Gasteiger partial charge >= 0.3 is 0 Å². The highest BCUT2D eigenvalue weighted by atomic mass is 32.3. The summed E-state index contributed by atoms with van der Waals surface area (Å²) in [6.45, 7) is 5.22. The fourth-order valence-corrected chi connectivity index (χ4v) is 24.8. The molecule has 0 fully saturated rings. The van der Waals surface area contributed by atoms with Gasteiger partial charge in [-0.2, -0.15) is 0 Å². The molecule has 0 bridgehead atoms. The molecular formula is C14H32O6S3Si. The molecule has 24 heavy (non-hydrogen) atoms. The van der Waals surface area contributed by atoms with E-state index in [4.69, 9.17) is 0 Å². The smallest absolute Gasteiger partial charge is 0.227 e. The molecule has 0 heterocycles. The first-order valence-electron chi connectivity index (χ1n) is 8.15. The zero-order valence-electron chi connectivity index (χ0n) is 15.6. The van der Waals surface area contributed by atoms with Crippen molar-refractivity contribution in [3.05, 3.63) is 0 Å². The molecule has 0 amide bonds. The standard InChI is InChI=1S/C14H32O6S3Si/c1-7-8-9-10-11-12-13-24(5,6)14(21(2,15)16,22(3,17)18)23(4,19)20/h7-13H2,1-6H3. The predicted molar refractivity (Wildman–Crippen MR) is 103 cm³/mol. The summed E-state index contributed by atoms with van der Waals surface area (Å²) in [5.74, 6) is 0. The number of hydrogen-bond acceptors (Lipinski definition) is 6. The lowest BCUT2D eigenvalue weighted by atomic mass is 10.1. The van der Waals surface area contributed by atoms with Crippen LogP contribution >= 0.6 is 0 Å². The van der Waals surface area contributed by atoms with Crippen LogP contribution in [-0.2, 0) is 29.5 Å². The van der Waals surface area contributed by atoms with E-state index in [2.05, 4.69) is 6.92 Å². The molecule has 0 N–H and O–H groups in total. The largest absolute Gasteiger partial charge is 0.256 e. The van der Waals surface area contributed by atoms with Crippen LogP contribution in [0, 0.1) is 0 Å². The van der Waals surface area contributed by atoms with Gasteiger partial charge in [-0.25, -0.2) is 25.3 Å². The van der Waals surface area contributed by atoms with Gasteiger partial charge < -0.3 is 0 Å². The molecule has 0 saturated carbocycles. The van der Waals surface area contributed by atoms with Gasteiger partial charge in [-0.05, 0) is 0 Å². The molecule has 10 heteroatoms. The zero-order chi connectivity index (χ0) is 19.4. The highest BCUT2D eigenvalue weighted by Crippen LogP contribution is 2.42. The summed E-state index contributed by atoms with van der Waals surface area (Å²) < 4.78 is 72.0. The molecule has 0 aliphatic heterocycles. The summed E-state index contributed by atoms with van der Waals surface area (Å²) in [6, 6.07) is 0.340. The van der Waals surface area contributed by atoms with E-state index in [-0.39, 0.29) is 0 Å². The fourth-order valence-electron chi connectivity index (χ4n) is 3.83. The monoisotopic (exact) mass is 420 g/mol. The lowest BCUT2D eigenvalue weighted by Gasteiger charge is -2.40. The molecule has 0 rings (SSSR count). The summed E-state index contributed by atoms with van der Waals surface area (Å²) in [6.07, 6.45) is 7.98. The van der Waals surface area contributed by atoms with Crippen molar-refractivity contribution in [2.45, 2.75) is 67.6 Å². The van der Waals surface area contributed by atoms with Crippen LogP contribution in [0.4, 0.5) is 0 Å². The average Bonchev–Trinajstić information content (AvgIpc) is 2.27. The Morgan fingerprint density at radius 2 is 1.00 bits per heavy atom. The topological polar surface area (TPSA) is 102 Å². The van der Waals surface area contributed by atoms with Gasteiger partial charge in [-0.15, -0.1) is 0 Å². The van der Waals surface area contributed by atoms with Gasteiger partial charge in [0.15, 0.2) is 29.5 Å². The van der Waals surface area contributed by atoms with Crippen LogP contribution in [0.2, 0.25) is 19.1 Å². The van der Waals surface area contributed by atoms with Gasteiger partial charge in [0.05, 0.1) is 0 Å². The molecule has 0 aromatic rings. The molecule has 0 radical (unpaired) electrons. The Morgan fingerprint density at radius 1 is 0.667 bits per heavy atom. The third kappa shape index (κ3) is 4.82. The average molecular weight is 421 g/mol. The maximum absolute atomic E-state index is 12.4. The lowest BCUT2D eigenvalue weighted by molar-refractivity contribution is 0.571. The van der Waals surface area contributed by atoms with E-state index in [1.165, 1.54) is 0 Å². The molecule has 0 aromatic heterocycles. The van der Waals surface area contributed by atoms with Crippen LogP contribution in [0.3, 0.4) is 0 Å². The van der Waals surface area contributed by atoms with E-state index in [0.29, 0.717) is 12.5 Å². The summed E-state index contributed by atoms with van der Waals surface area (Å²) in [4.78, 5) is 0. The number of hydrogen-bond donors (Lipinski definition) is 0. The first-order valence-corrected chi connectivity index (χ1v) is 17.0. The predicted octanol–water partition coefficient (Wildman–Crippen LogP) is 2.38. The number of unbranched alkanes of at least 4 members (excludes halogenated alkanes) is 5. The van der Waals surface area contributed by atoms with Crippen LogP contribution in [0.1, 0.15) is 45.4 Å². The molecule has 146 valence electrons. The van der Waals surface area contributed by atoms with E-state index < -0.39 is 40.6 Å². The third-order valence-electron chi connectivity index (χ3n) is 4.45. The minimum absolute atomic E-state index is 0.340. The molecule has 0 aliphatic carbocycles. The second-order valence-corrected chi connectivity index (χ2v) is 20.6. The normalized spacial score (nSPS) is 14.8. The summed E-state index contributed by atoms with van der Waals surface area (Å²) >= 11 is 0. The van der Waals surface area contributed by atoms with Gasteiger partial charge in [0.1, 0.15) is 8.07 Å². The SMILES string of the molecule is CCCCCCCC[Si](C)(C)C(S(C)(=O)=O)(S(C)(=O)=O)S(C)(=O)=O. The van der Waals surface area contributed by atoms with Gasteiger partial charge in [0.2, 0.25) is 0 Å². The van der Waals surface area contributed by atoms with Crippen molar-refractivity contribution in [3.8, 4) is 0 Å². The quantitative estimate of drug-likeness (QED) is 0.375. The molecule has 0 unspecified atom stereocenters. The maximum Gasteiger partial charge on any atom is 0.256 e.